The Kier molecular flexibility index (Phi) is 6.99. The molecular formula is C21H23NO8. The second-order valence-corrected chi connectivity index (χ2v) is 6.90. The number of aliphatic hydroxyl groups is 1. The van der Waals surface area contributed by atoms with Crippen molar-refractivity contribution in [3.63, 3.8) is 0 Å². The van der Waals surface area contributed by atoms with Crippen LogP contribution in [0.1, 0.15) is 29.3 Å². The molecule has 0 bridgehead atoms. The molecule has 1 heterocycles. The maximum atomic E-state index is 12.4. The number of esters is 1. The van der Waals surface area contributed by atoms with Gasteiger partial charge in [0.05, 0.1) is 30.3 Å². The predicted molar refractivity (Wildman–Crippen MR) is 105 cm³/mol. The largest absolute Gasteiger partial charge is 0.497 e. The van der Waals surface area contributed by atoms with Gasteiger partial charge >= 0.3 is 5.97 Å². The number of hydrogen-bond donors (Lipinski definition) is 1. The van der Waals surface area contributed by atoms with Crippen LogP contribution in [0.3, 0.4) is 0 Å². The second kappa shape index (κ2) is 9.66. The van der Waals surface area contributed by atoms with E-state index in [9.17, 15) is 20.0 Å². The monoisotopic (exact) mass is 417 g/mol. The molecule has 160 valence electrons. The maximum absolute atomic E-state index is 12.4. The van der Waals surface area contributed by atoms with Gasteiger partial charge in [-0.15, -0.1) is 0 Å². The van der Waals surface area contributed by atoms with Crippen LogP contribution < -0.4 is 4.74 Å². The van der Waals surface area contributed by atoms with Crippen LogP contribution in [-0.2, 0) is 20.8 Å². The Morgan fingerprint density at radius 3 is 2.47 bits per heavy atom. The molecule has 9 heteroatoms. The van der Waals surface area contributed by atoms with Crippen LogP contribution in [0.25, 0.3) is 0 Å². The number of ether oxygens (including phenoxy) is 4. The molecule has 2 aromatic carbocycles. The topological polar surface area (TPSA) is 117 Å². The number of nitrogens with zero attached hydrogens (tertiary/aromatic N) is 1. The zero-order valence-corrected chi connectivity index (χ0v) is 16.6. The fraction of sp³-hybridized carbons (Fsp3) is 0.381. The van der Waals surface area contributed by atoms with Gasteiger partial charge in [-0.1, -0.05) is 12.1 Å². The van der Waals surface area contributed by atoms with Crippen molar-refractivity contribution in [3.8, 4) is 5.75 Å². The van der Waals surface area contributed by atoms with Gasteiger partial charge in [0.2, 0.25) is 0 Å². The van der Waals surface area contributed by atoms with Crippen LogP contribution in [0.15, 0.2) is 48.5 Å². The molecule has 0 saturated carbocycles. The zero-order chi connectivity index (χ0) is 21.7. The van der Waals surface area contributed by atoms with Gasteiger partial charge in [0.15, 0.2) is 6.29 Å². The fourth-order valence-corrected chi connectivity index (χ4v) is 3.07. The van der Waals surface area contributed by atoms with Gasteiger partial charge in [-0.25, -0.2) is 4.79 Å². The van der Waals surface area contributed by atoms with E-state index in [4.69, 9.17) is 18.9 Å². The second-order valence-electron chi connectivity index (χ2n) is 6.90. The molecule has 0 aliphatic carbocycles. The number of methoxy groups -OCH3 is 1. The first-order valence-electron chi connectivity index (χ1n) is 9.41. The van der Waals surface area contributed by atoms with Crippen LogP contribution >= 0.6 is 0 Å². The molecule has 2 aromatic rings. The lowest BCUT2D eigenvalue weighted by Crippen LogP contribution is -2.49. The molecule has 1 saturated heterocycles. The summed E-state index contributed by atoms with van der Waals surface area (Å²) in [6.45, 7) is 1.95. The van der Waals surface area contributed by atoms with Crippen molar-refractivity contribution < 1.29 is 33.8 Å². The van der Waals surface area contributed by atoms with E-state index in [0.717, 1.165) is 11.3 Å². The molecular weight excluding hydrogens is 394 g/mol. The lowest BCUT2D eigenvalue weighted by molar-refractivity contribution is -0.384. The number of aliphatic hydroxyl groups excluding tert-OH is 1. The van der Waals surface area contributed by atoms with Crippen molar-refractivity contribution in [2.75, 3.05) is 7.11 Å². The van der Waals surface area contributed by atoms with E-state index in [1.807, 2.05) is 24.3 Å². The SMILES string of the molecule is COc1ccc(CO[C@H]2C[C@@H](OC(=O)c3ccc([N+](=O)[O-])cc3)[C@H](O)[C@@H](C)O2)cc1. The van der Waals surface area contributed by atoms with Gasteiger partial charge in [-0.3, -0.25) is 10.1 Å². The van der Waals surface area contributed by atoms with Gasteiger partial charge in [0.25, 0.3) is 5.69 Å². The lowest BCUT2D eigenvalue weighted by Gasteiger charge is -2.37. The zero-order valence-electron chi connectivity index (χ0n) is 16.6. The highest BCUT2D eigenvalue weighted by molar-refractivity contribution is 5.89. The van der Waals surface area contributed by atoms with Crippen LogP contribution in [0.4, 0.5) is 5.69 Å². The van der Waals surface area contributed by atoms with Crippen molar-refractivity contribution in [2.24, 2.45) is 0 Å². The first kappa shape index (κ1) is 21.7. The van der Waals surface area contributed by atoms with E-state index < -0.39 is 35.5 Å². The molecule has 0 radical (unpaired) electrons. The van der Waals surface area contributed by atoms with Crippen molar-refractivity contribution in [3.05, 3.63) is 69.8 Å². The molecule has 30 heavy (non-hydrogen) atoms. The number of carbonyl (C=O) groups is 1. The average Bonchev–Trinajstić information content (AvgIpc) is 2.75. The number of carbonyl (C=O) groups excluding carboxylic acids is 1. The van der Waals surface area contributed by atoms with Crippen molar-refractivity contribution >= 4 is 11.7 Å². The van der Waals surface area contributed by atoms with Gasteiger partial charge in [-0.05, 0) is 36.8 Å². The molecule has 1 fully saturated rings. The summed E-state index contributed by atoms with van der Waals surface area (Å²) in [5.41, 5.74) is 0.943. The minimum absolute atomic E-state index is 0.127. The molecule has 9 nitrogen and oxygen atoms in total. The predicted octanol–water partition coefficient (Wildman–Crippen LogP) is 2.84. The molecule has 0 unspecified atom stereocenters. The normalized spacial score (nSPS) is 23.6. The minimum Gasteiger partial charge on any atom is -0.497 e. The van der Waals surface area contributed by atoms with Gasteiger partial charge in [0, 0.05) is 18.6 Å². The Balaban J connectivity index is 1.59. The van der Waals surface area contributed by atoms with Crippen LogP contribution in [0, 0.1) is 10.1 Å². The summed E-state index contributed by atoms with van der Waals surface area (Å²) < 4.78 is 22.0. The minimum atomic E-state index is -1.02. The summed E-state index contributed by atoms with van der Waals surface area (Å²) in [6.07, 6.45) is -2.97. The summed E-state index contributed by atoms with van der Waals surface area (Å²) in [4.78, 5) is 22.6. The Hall–Kier alpha value is -3.01. The van der Waals surface area contributed by atoms with Crippen LogP contribution in [0.5, 0.6) is 5.75 Å². The quantitative estimate of drug-likeness (QED) is 0.415. The van der Waals surface area contributed by atoms with Crippen molar-refractivity contribution in [1.82, 2.24) is 0 Å². The van der Waals surface area contributed by atoms with E-state index in [2.05, 4.69) is 0 Å². The van der Waals surface area contributed by atoms with E-state index in [1.54, 1.807) is 14.0 Å². The van der Waals surface area contributed by atoms with Gasteiger partial charge < -0.3 is 24.1 Å². The lowest BCUT2D eigenvalue weighted by atomic mass is 10.0. The third kappa shape index (κ3) is 5.32. The smallest absolute Gasteiger partial charge is 0.338 e. The Bertz CT molecular complexity index is 868. The van der Waals surface area contributed by atoms with E-state index >= 15 is 0 Å². The van der Waals surface area contributed by atoms with Crippen LogP contribution in [0.2, 0.25) is 0 Å². The van der Waals surface area contributed by atoms with E-state index in [-0.39, 0.29) is 24.3 Å². The summed E-state index contributed by atoms with van der Waals surface area (Å²) >= 11 is 0. The number of non-ortho nitro benzene ring substituents is 1. The summed E-state index contributed by atoms with van der Waals surface area (Å²) in [7, 11) is 1.59. The average molecular weight is 417 g/mol. The Morgan fingerprint density at radius 2 is 1.87 bits per heavy atom. The molecule has 3 rings (SSSR count). The summed E-state index contributed by atoms with van der Waals surface area (Å²) in [6, 6.07) is 12.4. The molecule has 0 aromatic heterocycles. The van der Waals surface area contributed by atoms with Gasteiger partial charge in [-0.2, -0.15) is 0 Å². The Morgan fingerprint density at radius 1 is 1.20 bits per heavy atom. The van der Waals surface area contributed by atoms with Crippen molar-refractivity contribution in [1.29, 1.82) is 0 Å². The molecule has 1 aliphatic heterocycles. The maximum Gasteiger partial charge on any atom is 0.338 e. The molecule has 1 aliphatic rings. The number of benzene rings is 2. The number of nitro groups is 1. The molecule has 0 spiro atoms. The van der Waals surface area contributed by atoms with Crippen LogP contribution in [-0.4, -0.2) is 47.7 Å². The molecule has 0 amide bonds. The number of rotatable bonds is 7. The van der Waals surface area contributed by atoms with E-state index in [1.165, 1.54) is 24.3 Å². The highest BCUT2D eigenvalue weighted by Gasteiger charge is 2.38. The van der Waals surface area contributed by atoms with Gasteiger partial charge in [0.1, 0.15) is 18.0 Å². The third-order valence-corrected chi connectivity index (χ3v) is 4.82. The number of nitro benzene ring substituents is 1. The summed E-state index contributed by atoms with van der Waals surface area (Å²) in [5.74, 6) is 0.0552. The number of hydrogen-bond acceptors (Lipinski definition) is 8. The first-order valence-corrected chi connectivity index (χ1v) is 9.41. The third-order valence-electron chi connectivity index (χ3n) is 4.82. The standard InChI is InChI=1S/C21H23NO8/c1-13-20(23)18(30-21(24)15-5-7-16(8-6-15)22(25)26)11-19(29-13)28-12-14-3-9-17(27-2)10-4-14/h3-10,13,18-20,23H,11-12H2,1-2H3/t13-,18-,19-,20-/m1/s1. The molecule has 4 atom stereocenters. The molecule has 1 N–H and O–H groups in total. The van der Waals surface area contributed by atoms with Crippen molar-refractivity contribution in [2.45, 2.75) is 44.6 Å². The van der Waals surface area contributed by atoms with E-state index in [0.29, 0.717) is 0 Å². The first-order chi connectivity index (χ1) is 14.4. The fourth-order valence-electron chi connectivity index (χ4n) is 3.07. The highest BCUT2D eigenvalue weighted by atomic mass is 16.7. The Labute approximate surface area is 173 Å². The highest BCUT2D eigenvalue weighted by Crippen LogP contribution is 2.26. The summed E-state index contributed by atoms with van der Waals surface area (Å²) in [5, 5.41) is 21.1.